The SMILES string of the molecule is CC1C(C)[C@H](C(=O)NCc2ncn(-c3ccccc3)n2)[C@@H]1C(=O)O. The lowest BCUT2D eigenvalue weighted by Crippen LogP contribution is -2.54. The number of para-hydroxylation sites is 1. The van der Waals surface area contributed by atoms with Crippen LogP contribution in [0.4, 0.5) is 0 Å². The summed E-state index contributed by atoms with van der Waals surface area (Å²) in [7, 11) is 0. The largest absolute Gasteiger partial charge is 0.481 e. The van der Waals surface area contributed by atoms with E-state index in [9.17, 15) is 14.7 Å². The summed E-state index contributed by atoms with van der Waals surface area (Å²) in [4.78, 5) is 27.8. The van der Waals surface area contributed by atoms with Crippen LogP contribution in [0.2, 0.25) is 0 Å². The van der Waals surface area contributed by atoms with E-state index < -0.39 is 17.8 Å². The molecule has 2 unspecified atom stereocenters. The van der Waals surface area contributed by atoms with E-state index in [4.69, 9.17) is 0 Å². The minimum atomic E-state index is -0.910. The molecule has 0 radical (unpaired) electrons. The summed E-state index contributed by atoms with van der Waals surface area (Å²) < 4.78 is 1.63. The maximum Gasteiger partial charge on any atom is 0.307 e. The molecule has 1 saturated carbocycles. The number of rotatable bonds is 5. The third-order valence-corrected chi connectivity index (χ3v) is 4.92. The van der Waals surface area contributed by atoms with Crippen molar-refractivity contribution in [1.29, 1.82) is 0 Å². The van der Waals surface area contributed by atoms with Crippen molar-refractivity contribution in [2.24, 2.45) is 23.7 Å². The highest BCUT2D eigenvalue weighted by Crippen LogP contribution is 2.45. The van der Waals surface area contributed by atoms with Crippen molar-refractivity contribution in [3.8, 4) is 5.69 Å². The summed E-state index contributed by atoms with van der Waals surface area (Å²) in [5.41, 5.74) is 0.884. The van der Waals surface area contributed by atoms with Crippen LogP contribution in [0.1, 0.15) is 19.7 Å². The fourth-order valence-electron chi connectivity index (χ4n) is 3.31. The molecule has 1 aliphatic carbocycles. The van der Waals surface area contributed by atoms with Gasteiger partial charge < -0.3 is 10.4 Å². The molecule has 4 atom stereocenters. The van der Waals surface area contributed by atoms with Crippen LogP contribution < -0.4 is 5.32 Å². The van der Waals surface area contributed by atoms with E-state index in [0.29, 0.717) is 5.82 Å². The minimum absolute atomic E-state index is 0.00802. The first-order chi connectivity index (χ1) is 11.5. The van der Waals surface area contributed by atoms with Gasteiger partial charge in [-0.1, -0.05) is 32.0 Å². The van der Waals surface area contributed by atoms with Gasteiger partial charge >= 0.3 is 5.97 Å². The van der Waals surface area contributed by atoms with Crippen LogP contribution in [-0.4, -0.2) is 31.7 Å². The summed E-state index contributed by atoms with van der Waals surface area (Å²) in [6.07, 6.45) is 1.59. The molecular weight excluding hydrogens is 308 g/mol. The molecule has 1 aromatic heterocycles. The van der Waals surface area contributed by atoms with Crippen LogP contribution in [0, 0.1) is 23.7 Å². The zero-order chi connectivity index (χ0) is 17.3. The molecule has 1 aliphatic rings. The molecule has 0 spiro atoms. The number of carbonyl (C=O) groups excluding carboxylic acids is 1. The lowest BCUT2D eigenvalue weighted by atomic mass is 9.57. The Kier molecular flexibility index (Phi) is 4.33. The van der Waals surface area contributed by atoms with Crippen molar-refractivity contribution >= 4 is 11.9 Å². The minimum Gasteiger partial charge on any atom is -0.481 e. The van der Waals surface area contributed by atoms with Crippen molar-refractivity contribution in [2.75, 3.05) is 0 Å². The molecule has 0 saturated heterocycles. The van der Waals surface area contributed by atoms with Crippen LogP contribution >= 0.6 is 0 Å². The number of carboxylic acid groups (broad SMARTS) is 1. The molecule has 126 valence electrons. The third kappa shape index (κ3) is 2.89. The molecular formula is C17H20N4O3. The van der Waals surface area contributed by atoms with Gasteiger partial charge in [0.25, 0.3) is 0 Å². The number of carboxylic acids is 1. The highest BCUT2D eigenvalue weighted by Gasteiger charge is 2.52. The second-order valence-corrected chi connectivity index (χ2v) is 6.27. The normalized spacial score (nSPS) is 25.8. The first-order valence-electron chi connectivity index (χ1n) is 7.95. The van der Waals surface area contributed by atoms with Crippen LogP contribution in [0.15, 0.2) is 36.7 Å². The van der Waals surface area contributed by atoms with E-state index in [2.05, 4.69) is 15.4 Å². The molecule has 2 aromatic rings. The van der Waals surface area contributed by atoms with E-state index in [-0.39, 0.29) is 24.3 Å². The number of nitrogens with one attached hydrogen (secondary N) is 1. The lowest BCUT2D eigenvalue weighted by molar-refractivity contribution is -0.164. The van der Waals surface area contributed by atoms with Crippen molar-refractivity contribution in [3.05, 3.63) is 42.5 Å². The molecule has 7 nitrogen and oxygen atoms in total. The first-order valence-corrected chi connectivity index (χ1v) is 7.95. The Balaban J connectivity index is 1.61. The van der Waals surface area contributed by atoms with Gasteiger partial charge in [-0.2, -0.15) is 0 Å². The average Bonchev–Trinajstić information content (AvgIpc) is 3.06. The highest BCUT2D eigenvalue weighted by molar-refractivity contribution is 5.87. The van der Waals surface area contributed by atoms with Gasteiger partial charge in [0.1, 0.15) is 6.33 Å². The van der Waals surface area contributed by atoms with Gasteiger partial charge in [-0.3, -0.25) is 9.59 Å². The fraction of sp³-hybridized carbons (Fsp3) is 0.412. The van der Waals surface area contributed by atoms with Gasteiger partial charge in [0.2, 0.25) is 5.91 Å². The molecule has 1 aromatic carbocycles. The maximum atomic E-state index is 12.3. The first kappa shape index (κ1) is 16.2. The zero-order valence-electron chi connectivity index (χ0n) is 13.6. The number of hydrogen-bond donors (Lipinski definition) is 2. The van der Waals surface area contributed by atoms with E-state index in [0.717, 1.165) is 5.69 Å². The average molecular weight is 328 g/mol. The van der Waals surface area contributed by atoms with Gasteiger partial charge in [-0.05, 0) is 24.0 Å². The molecule has 1 heterocycles. The standard InChI is InChI=1S/C17H20N4O3/c1-10-11(2)15(17(23)24)14(10)16(22)18-8-13-19-9-21(20-13)12-6-4-3-5-7-12/h3-7,9-11,14-15H,8H2,1-2H3,(H,18,22)(H,23,24)/t10?,11?,14-,15+/m0/s1. The van der Waals surface area contributed by atoms with Crippen molar-refractivity contribution < 1.29 is 14.7 Å². The number of carbonyl (C=O) groups is 2. The quantitative estimate of drug-likeness (QED) is 0.866. The van der Waals surface area contributed by atoms with Gasteiger partial charge in [-0.25, -0.2) is 9.67 Å². The summed E-state index contributed by atoms with van der Waals surface area (Å²) in [5, 5.41) is 16.3. The third-order valence-electron chi connectivity index (χ3n) is 4.92. The van der Waals surface area contributed by atoms with Gasteiger partial charge in [0.15, 0.2) is 5.82 Å². The summed E-state index contributed by atoms with van der Waals surface area (Å²) in [5.74, 6) is -1.71. The summed E-state index contributed by atoms with van der Waals surface area (Å²) >= 11 is 0. The second kappa shape index (κ2) is 6.43. The number of nitrogens with zero attached hydrogens (tertiary/aromatic N) is 3. The number of aromatic nitrogens is 3. The number of hydrogen-bond acceptors (Lipinski definition) is 4. The molecule has 0 bridgehead atoms. The van der Waals surface area contributed by atoms with Crippen molar-refractivity contribution in [3.63, 3.8) is 0 Å². The Hall–Kier alpha value is -2.70. The molecule has 1 fully saturated rings. The van der Waals surface area contributed by atoms with Crippen LogP contribution in [0.3, 0.4) is 0 Å². The van der Waals surface area contributed by atoms with Gasteiger partial charge in [0, 0.05) is 0 Å². The Morgan fingerprint density at radius 3 is 2.50 bits per heavy atom. The Morgan fingerprint density at radius 2 is 1.83 bits per heavy atom. The lowest BCUT2D eigenvalue weighted by Gasteiger charge is -2.45. The summed E-state index contributed by atoms with van der Waals surface area (Å²) in [6.45, 7) is 3.97. The molecule has 7 heteroatoms. The molecule has 0 aliphatic heterocycles. The molecule has 24 heavy (non-hydrogen) atoms. The van der Waals surface area contributed by atoms with Crippen LogP contribution in [0.25, 0.3) is 5.69 Å². The van der Waals surface area contributed by atoms with Crippen LogP contribution in [-0.2, 0) is 16.1 Å². The number of amides is 1. The van der Waals surface area contributed by atoms with Crippen molar-refractivity contribution in [2.45, 2.75) is 20.4 Å². The van der Waals surface area contributed by atoms with Crippen molar-refractivity contribution in [1.82, 2.24) is 20.1 Å². The number of benzene rings is 1. The predicted molar refractivity (Wildman–Crippen MR) is 86.1 cm³/mol. The molecule has 1 amide bonds. The smallest absolute Gasteiger partial charge is 0.307 e. The van der Waals surface area contributed by atoms with E-state index in [1.165, 1.54) is 0 Å². The maximum absolute atomic E-state index is 12.3. The Labute approximate surface area is 139 Å². The van der Waals surface area contributed by atoms with Gasteiger partial charge in [-0.15, -0.1) is 5.10 Å². The fourth-order valence-corrected chi connectivity index (χ4v) is 3.31. The topological polar surface area (TPSA) is 97.1 Å². The Bertz CT molecular complexity index is 743. The monoisotopic (exact) mass is 328 g/mol. The summed E-state index contributed by atoms with van der Waals surface area (Å²) in [6, 6.07) is 9.55. The van der Waals surface area contributed by atoms with Gasteiger partial charge in [0.05, 0.1) is 24.1 Å². The molecule has 2 N–H and O–H groups in total. The van der Waals surface area contributed by atoms with Crippen LogP contribution in [0.5, 0.6) is 0 Å². The van der Waals surface area contributed by atoms with E-state index >= 15 is 0 Å². The highest BCUT2D eigenvalue weighted by atomic mass is 16.4. The van der Waals surface area contributed by atoms with E-state index in [1.54, 1.807) is 11.0 Å². The number of aliphatic carboxylic acids is 1. The Morgan fingerprint density at radius 1 is 1.17 bits per heavy atom. The molecule has 3 rings (SSSR count). The predicted octanol–water partition coefficient (Wildman–Crippen LogP) is 1.49. The van der Waals surface area contributed by atoms with E-state index in [1.807, 2.05) is 44.2 Å². The second-order valence-electron chi connectivity index (χ2n) is 6.27. The zero-order valence-corrected chi connectivity index (χ0v) is 13.6.